The number of anilines is 1. The Labute approximate surface area is 236 Å². The molecule has 13 heteroatoms. The lowest BCUT2D eigenvalue weighted by atomic mass is 9.54. The number of primary amides is 1. The average Bonchev–Trinajstić information content (AvgIpc) is 2.86. The zero-order valence-corrected chi connectivity index (χ0v) is 23.4. The van der Waals surface area contributed by atoms with Gasteiger partial charge < -0.3 is 42.3 Å². The summed E-state index contributed by atoms with van der Waals surface area (Å²) in [4.78, 5) is 53.3. The highest BCUT2D eigenvalue weighted by Gasteiger charge is 2.68. The third-order valence-corrected chi connectivity index (χ3v) is 8.45. The second kappa shape index (κ2) is 10.2. The summed E-state index contributed by atoms with van der Waals surface area (Å²) in [5.74, 6) is -10.4. The summed E-state index contributed by atoms with van der Waals surface area (Å²) in [5.41, 5.74) is 6.75. The topological polar surface area (TPSA) is 237 Å². The van der Waals surface area contributed by atoms with Crippen molar-refractivity contribution in [2.75, 3.05) is 19.4 Å². The van der Waals surface area contributed by atoms with Crippen molar-refractivity contribution in [3.8, 4) is 5.75 Å². The molecule has 0 aliphatic heterocycles. The van der Waals surface area contributed by atoms with Gasteiger partial charge in [0.25, 0.3) is 5.91 Å². The number of rotatable bonds is 6. The Morgan fingerprint density at radius 1 is 1.15 bits per heavy atom. The number of likely N-dealkylation sites (N-methyl/N-ethyl adjacent to an activating group) is 1. The smallest absolute Gasteiger partial charge is 0.255 e. The van der Waals surface area contributed by atoms with Gasteiger partial charge in [0.15, 0.2) is 11.4 Å². The minimum absolute atomic E-state index is 0.0964. The summed E-state index contributed by atoms with van der Waals surface area (Å²) in [6.45, 7) is 5.40. The minimum atomic E-state index is -3.01. The summed E-state index contributed by atoms with van der Waals surface area (Å²) in [7, 11) is 2.87. The minimum Gasteiger partial charge on any atom is -0.508 e. The van der Waals surface area contributed by atoms with E-state index in [2.05, 4.69) is 5.32 Å². The van der Waals surface area contributed by atoms with Crippen LogP contribution in [0, 0.1) is 17.8 Å². The van der Waals surface area contributed by atoms with E-state index in [0.29, 0.717) is 12.0 Å². The molecule has 1 aromatic carbocycles. The van der Waals surface area contributed by atoms with Gasteiger partial charge in [-0.05, 0) is 44.0 Å². The molecule has 2 unspecified atom stereocenters. The number of carbonyl (C=O) groups excluding carboxylic acids is 4. The predicted octanol–water partition coefficient (Wildman–Crippen LogP) is -0.192. The number of aromatic hydroxyl groups is 1. The number of nitrogens with two attached hydrogens (primary N) is 2. The molecule has 1 aromatic rings. The molecule has 0 spiro atoms. The molecule has 222 valence electrons. The second-order valence-electron chi connectivity index (χ2n) is 11.7. The van der Waals surface area contributed by atoms with Crippen LogP contribution in [0.1, 0.15) is 44.2 Å². The van der Waals surface area contributed by atoms with Gasteiger partial charge in [0.2, 0.25) is 11.7 Å². The number of Topliss-reactive ketones (excluding diaryl/α,β-unsaturated/α-hetero) is 2. The molecule has 0 heterocycles. The van der Waals surface area contributed by atoms with Crippen LogP contribution in [0.2, 0.25) is 0 Å². The standard InChI is InChI=1S/C28H36N4O9/c1-9(2)8-12(29)27(40)31-13-7-6-11-10(3)14-16(21(34)15(11)20(13)33)24(37)28(41)18(22(14)35)19(32(4)5)23(36)17(25(28)38)26(30)39/h6-7,9-10,12,14,18-19,22,33-35,38,41H,8,29H2,1-5H3,(H2,30,39)(H,31,40)/t10-,12-,14?,18?,19-,22-,28-/m0/s1. The molecule has 4 rings (SSSR count). The molecule has 7 atom stereocenters. The second-order valence-corrected chi connectivity index (χ2v) is 11.7. The molecule has 1 fully saturated rings. The molecule has 0 aromatic heterocycles. The number of benzene rings is 1. The zero-order chi connectivity index (χ0) is 30.9. The largest absolute Gasteiger partial charge is 0.508 e. The van der Waals surface area contributed by atoms with Crippen LogP contribution in [-0.2, 0) is 19.2 Å². The molecule has 10 N–H and O–H groups in total. The van der Waals surface area contributed by atoms with Crippen LogP contribution in [0.5, 0.6) is 5.75 Å². The van der Waals surface area contributed by atoms with Gasteiger partial charge in [-0.2, -0.15) is 0 Å². The molecular weight excluding hydrogens is 536 g/mol. The van der Waals surface area contributed by atoms with Crippen molar-refractivity contribution >= 4 is 34.8 Å². The van der Waals surface area contributed by atoms with Gasteiger partial charge in [-0.15, -0.1) is 0 Å². The number of hydrogen-bond acceptors (Lipinski definition) is 11. The monoisotopic (exact) mass is 572 g/mol. The molecule has 13 nitrogen and oxygen atoms in total. The van der Waals surface area contributed by atoms with Crippen LogP contribution in [-0.4, -0.2) is 91.7 Å². The van der Waals surface area contributed by atoms with Gasteiger partial charge in [0.1, 0.15) is 22.8 Å². The number of fused-ring (bicyclic) bond motifs is 3. The molecule has 3 aliphatic rings. The zero-order valence-electron chi connectivity index (χ0n) is 23.4. The Balaban J connectivity index is 1.91. The van der Waals surface area contributed by atoms with Crippen LogP contribution in [0.4, 0.5) is 5.69 Å². The van der Waals surface area contributed by atoms with Gasteiger partial charge >= 0.3 is 0 Å². The van der Waals surface area contributed by atoms with Crippen molar-refractivity contribution in [1.82, 2.24) is 4.90 Å². The molecule has 41 heavy (non-hydrogen) atoms. The fourth-order valence-corrected chi connectivity index (χ4v) is 6.56. The van der Waals surface area contributed by atoms with Crippen LogP contribution in [0.25, 0.3) is 5.76 Å². The number of hydrogen-bond donors (Lipinski definition) is 8. The number of ketones is 2. The highest BCUT2D eigenvalue weighted by molar-refractivity contribution is 6.24. The van der Waals surface area contributed by atoms with Crippen LogP contribution in [0.15, 0.2) is 29.0 Å². The average molecular weight is 573 g/mol. The Kier molecular flexibility index (Phi) is 7.54. The predicted molar refractivity (Wildman–Crippen MR) is 146 cm³/mol. The first kappa shape index (κ1) is 30.2. The summed E-state index contributed by atoms with van der Waals surface area (Å²) >= 11 is 0. The quantitative estimate of drug-likeness (QED) is 0.164. The third-order valence-electron chi connectivity index (χ3n) is 8.45. The van der Waals surface area contributed by atoms with E-state index >= 15 is 0 Å². The normalized spacial score (nSPS) is 30.2. The van der Waals surface area contributed by atoms with E-state index in [1.807, 2.05) is 13.8 Å². The van der Waals surface area contributed by atoms with Crippen LogP contribution >= 0.6 is 0 Å². The number of carbonyl (C=O) groups is 4. The highest BCUT2D eigenvalue weighted by atomic mass is 16.4. The van der Waals surface area contributed by atoms with Crippen molar-refractivity contribution in [3.05, 3.63) is 40.2 Å². The molecular formula is C28H36N4O9. The lowest BCUT2D eigenvalue weighted by Crippen LogP contribution is -2.70. The third kappa shape index (κ3) is 4.31. The van der Waals surface area contributed by atoms with Gasteiger partial charge in [-0.3, -0.25) is 24.1 Å². The fraction of sp³-hybridized carbons (Fsp3) is 0.500. The molecule has 0 bridgehead atoms. The van der Waals surface area contributed by atoms with E-state index < -0.39 is 93.3 Å². The van der Waals surface area contributed by atoms with E-state index in [9.17, 15) is 44.7 Å². The highest BCUT2D eigenvalue weighted by Crippen LogP contribution is 2.56. The lowest BCUT2D eigenvalue weighted by Gasteiger charge is -2.53. The summed E-state index contributed by atoms with van der Waals surface area (Å²) < 4.78 is 0. The fourth-order valence-electron chi connectivity index (χ4n) is 6.56. The number of nitrogens with zero attached hydrogens (tertiary/aromatic N) is 1. The lowest BCUT2D eigenvalue weighted by molar-refractivity contribution is -0.169. The van der Waals surface area contributed by atoms with Crippen molar-refractivity contribution in [2.24, 2.45) is 29.2 Å². The Hall–Kier alpha value is -3.78. The summed E-state index contributed by atoms with van der Waals surface area (Å²) in [6, 6.07) is 0.591. The van der Waals surface area contributed by atoms with Gasteiger partial charge in [-0.25, -0.2) is 0 Å². The summed E-state index contributed by atoms with van der Waals surface area (Å²) in [5, 5.41) is 59.4. The first-order valence-corrected chi connectivity index (χ1v) is 13.2. The van der Waals surface area contributed by atoms with E-state index in [1.165, 1.54) is 31.1 Å². The Morgan fingerprint density at radius 3 is 2.29 bits per heavy atom. The van der Waals surface area contributed by atoms with Crippen LogP contribution in [0.3, 0.4) is 0 Å². The van der Waals surface area contributed by atoms with E-state index in [-0.39, 0.29) is 17.2 Å². The number of phenolic OH excluding ortho intramolecular Hbond substituents is 1. The maximum atomic E-state index is 14.0. The van der Waals surface area contributed by atoms with E-state index in [1.54, 1.807) is 6.92 Å². The number of aliphatic hydroxyl groups excluding tert-OH is 3. The van der Waals surface area contributed by atoms with Crippen molar-refractivity contribution in [3.63, 3.8) is 0 Å². The van der Waals surface area contributed by atoms with Gasteiger partial charge in [-0.1, -0.05) is 26.8 Å². The van der Waals surface area contributed by atoms with Crippen molar-refractivity contribution in [2.45, 2.75) is 56.9 Å². The number of aliphatic hydroxyl groups is 4. The van der Waals surface area contributed by atoms with E-state index in [4.69, 9.17) is 11.5 Å². The summed E-state index contributed by atoms with van der Waals surface area (Å²) in [6.07, 6.45) is -1.32. The molecule has 1 saturated carbocycles. The SMILES string of the molecule is CC(C)C[C@H](N)C(=O)Nc1ccc2c(c1O)C(O)=C1C(=O)[C@]3(O)C(O)=C(C(N)=O)C(=O)[C@@H](N(C)C)C3[C@@H](O)C1[C@H]2C. The first-order valence-electron chi connectivity index (χ1n) is 13.2. The molecule has 0 radical (unpaired) electrons. The first-order chi connectivity index (χ1) is 19.0. The van der Waals surface area contributed by atoms with Crippen molar-refractivity contribution < 1.29 is 44.7 Å². The van der Waals surface area contributed by atoms with E-state index in [0.717, 1.165) is 0 Å². The molecule has 2 amide bonds. The number of phenols is 1. The van der Waals surface area contributed by atoms with Crippen LogP contribution < -0.4 is 16.8 Å². The molecule has 0 saturated heterocycles. The maximum Gasteiger partial charge on any atom is 0.255 e. The Morgan fingerprint density at radius 2 is 1.76 bits per heavy atom. The number of amides is 2. The van der Waals surface area contributed by atoms with Gasteiger partial charge in [0, 0.05) is 11.5 Å². The molecule has 3 aliphatic carbocycles. The number of nitrogens with one attached hydrogen (secondary N) is 1. The maximum absolute atomic E-state index is 14.0. The van der Waals surface area contributed by atoms with Crippen molar-refractivity contribution in [1.29, 1.82) is 0 Å². The Bertz CT molecular complexity index is 1420. The van der Waals surface area contributed by atoms with Gasteiger partial charge in [0.05, 0.1) is 35.4 Å².